The zero-order valence-corrected chi connectivity index (χ0v) is 22.5. The normalized spacial score (nSPS) is 20.3. The number of carboxylic acids is 1. The Morgan fingerprint density at radius 2 is 1.61 bits per heavy atom. The first-order valence-electron chi connectivity index (χ1n) is 12.9. The van der Waals surface area contributed by atoms with Gasteiger partial charge in [-0.1, -0.05) is 23.9 Å². The first-order valence-corrected chi connectivity index (χ1v) is 13.7. The molecule has 1 aliphatic heterocycles. The second-order valence-corrected chi connectivity index (χ2v) is 10.8. The Hall–Kier alpha value is -3.19. The lowest BCUT2D eigenvalue weighted by atomic mass is 9.87. The zero-order valence-electron chi connectivity index (χ0n) is 21.6. The standard InChI is InChI=1S/C28H27F6NO5S/c29-27(30,31)24-17(7-11-23(36)35-12-14-39-15-13-35)6-10-22(25(24)28(32,33)34)41-21-3-1-2-20(16-21)40-19-8-4-18(5-9-19)26(37)38/h1-3,6-7,10-11,16,18-19H,4-5,8-9,12-15H2,(H,37,38)/b11-7-. The SMILES string of the molecule is O=C(O)C1CCC(Oc2cccc(Sc3ccc(/C=C\C(=O)N4CCOCC4)c(C(F)(F)F)c3C(F)(F)F)c2)CC1. The molecule has 0 bridgehead atoms. The number of hydrogen-bond donors (Lipinski definition) is 1. The summed E-state index contributed by atoms with van der Waals surface area (Å²) < 4.78 is 96.0. The van der Waals surface area contributed by atoms with E-state index in [1.807, 2.05) is 0 Å². The van der Waals surface area contributed by atoms with Crippen molar-refractivity contribution in [3.8, 4) is 5.75 Å². The molecule has 0 radical (unpaired) electrons. The largest absolute Gasteiger partial charge is 0.490 e. The van der Waals surface area contributed by atoms with Crippen LogP contribution in [-0.4, -0.2) is 54.3 Å². The minimum atomic E-state index is -5.36. The summed E-state index contributed by atoms with van der Waals surface area (Å²) in [5, 5.41) is 9.15. The molecule has 1 saturated heterocycles. The molecule has 2 aliphatic rings. The van der Waals surface area contributed by atoms with Crippen LogP contribution in [0.15, 0.2) is 52.3 Å². The van der Waals surface area contributed by atoms with Crippen molar-refractivity contribution >= 4 is 29.7 Å². The number of rotatable bonds is 7. The van der Waals surface area contributed by atoms with Crippen molar-refractivity contribution in [3.05, 3.63) is 59.2 Å². The third-order valence-electron chi connectivity index (χ3n) is 6.85. The molecule has 1 saturated carbocycles. The van der Waals surface area contributed by atoms with E-state index in [2.05, 4.69) is 0 Å². The maximum absolute atomic E-state index is 14.2. The van der Waals surface area contributed by atoms with Gasteiger partial charge in [0.25, 0.3) is 0 Å². The lowest BCUT2D eigenvalue weighted by Crippen LogP contribution is -2.39. The second-order valence-electron chi connectivity index (χ2n) is 9.68. The van der Waals surface area contributed by atoms with Crippen LogP contribution >= 0.6 is 11.8 Å². The topological polar surface area (TPSA) is 76.1 Å². The van der Waals surface area contributed by atoms with Crippen molar-refractivity contribution in [1.29, 1.82) is 0 Å². The maximum atomic E-state index is 14.2. The molecule has 41 heavy (non-hydrogen) atoms. The van der Waals surface area contributed by atoms with E-state index in [9.17, 15) is 35.9 Å². The van der Waals surface area contributed by atoms with Crippen molar-refractivity contribution < 1.29 is 50.5 Å². The average Bonchev–Trinajstić information content (AvgIpc) is 2.91. The average molecular weight is 604 g/mol. The van der Waals surface area contributed by atoms with Crippen LogP contribution in [0.1, 0.15) is 42.4 Å². The van der Waals surface area contributed by atoms with Gasteiger partial charge >= 0.3 is 18.3 Å². The molecule has 1 amide bonds. The van der Waals surface area contributed by atoms with E-state index in [1.165, 1.54) is 23.1 Å². The summed E-state index contributed by atoms with van der Waals surface area (Å²) >= 11 is 0.517. The number of benzene rings is 2. The van der Waals surface area contributed by atoms with Gasteiger partial charge in [0.05, 0.1) is 36.4 Å². The first-order chi connectivity index (χ1) is 19.3. The molecule has 2 aromatic rings. The molecule has 1 N–H and O–H groups in total. The van der Waals surface area contributed by atoms with Crippen LogP contribution in [-0.2, 0) is 26.7 Å². The molecule has 222 valence electrons. The van der Waals surface area contributed by atoms with Crippen LogP contribution in [0.4, 0.5) is 26.3 Å². The molecule has 6 nitrogen and oxygen atoms in total. The molecular weight excluding hydrogens is 576 g/mol. The first kappa shape index (κ1) is 30.8. The summed E-state index contributed by atoms with van der Waals surface area (Å²) in [6.07, 6.45) is -7.53. The monoisotopic (exact) mass is 603 g/mol. The van der Waals surface area contributed by atoms with Crippen LogP contribution in [0, 0.1) is 5.92 Å². The number of carboxylic acid groups (broad SMARTS) is 1. The number of aliphatic carboxylic acids is 1. The number of morpholine rings is 1. The van der Waals surface area contributed by atoms with Crippen LogP contribution in [0.5, 0.6) is 5.75 Å². The highest BCUT2D eigenvalue weighted by atomic mass is 32.2. The number of amides is 1. The van der Waals surface area contributed by atoms with E-state index in [1.54, 1.807) is 6.07 Å². The Bertz CT molecular complexity index is 1280. The quantitative estimate of drug-likeness (QED) is 0.278. The van der Waals surface area contributed by atoms with Crippen LogP contribution < -0.4 is 4.74 Å². The molecule has 0 unspecified atom stereocenters. The lowest BCUT2D eigenvalue weighted by molar-refractivity contribution is -0.163. The Labute approximate surface area is 236 Å². The van der Waals surface area contributed by atoms with Gasteiger partial charge in [0, 0.05) is 29.0 Å². The fourth-order valence-corrected chi connectivity index (χ4v) is 5.85. The maximum Gasteiger partial charge on any atom is 0.418 e. The summed E-state index contributed by atoms with van der Waals surface area (Å²) in [5.41, 5.74) is -4.48. The molecule has 13 heteroatoms. The van der Waals surface area contributed by atoms with E-state index in [0.29, 0.717) is 43.2 Å². The minimum absolute atomic E-state index is 0.227. The second kappa shape index (κ2) is 12.8. The van der Waals surface area contributed by atoms with Gasteiger partial charge in [-0.05, 0) is 61.6 Å². The van der Waals surface area contributed by atoms with E-state index in [-0.39, 0.29) is 37.3 Å². The molecular formula is C28H27F6NO5S. The smallest absolute Gasteiger partial charge is 0.418 e. The minimum Gasteiger partial charge on any atom is -0.490 e. The summed E-state index contributed by atoms with van der Waals surface area (Å²) in [4.78, 5) is 24.5. The van der Waals surface area contributed by atoms with Crippen molar-refractivity contribution in [3.63, 3.8) is 0 Å². The van der Waals surface area contributed by atoms with E-state index in [4.69, 9.17) is 14.6 Å². The molecule has 0 atom stereocenters. The van der Waals surface area contributed by atoms with Crippen LogP contribution in [0.25, 0.3) is 6.08 Å². The number of carbonyl (C=O) groups is 2. The van der Waals surface area contributed by atoms with Gasteiger partial charge in [-0.25, -0.2) is 0 Å². The van der Waals surface area contributed by atoms with Gasteiger partial charge in [0.15, 0.2) is 0 Å². The molecule has 4 rings (SSSR count). The third-order valence-corrected chi connectivity index (χ3v) is 7.90. The lowest BCUT2D eigenvalue weighted by Gasteiger charge is -2.27. The summed E-state index contributed by atoms with van der Waals surface area (Å²) in [5.74, 6) is -1.62. The predicted molar refractivity (Wildman–Crippen MR) is 137 cm³/mol. The van der Waals surface area contributed by atoms with Gasteiger partial charge in [-0.3, -0.25) is 9.59 Å². The summed E-state index contributed by atoms with van der Waals surface area (Å²) in [6.45, 7) is 0.974. The third kappa shape index (κ3) is 7.97. The zero-order chi connectivity index (χ0) is 29.8. The number of hydrogen-bond acceptors (Lipinski definition) is 5. The van der Waals surface area contributed by atoms with Gasteiger partial charge in [0.2, 0.25) is 5.91 Å². The van der Waals surface area contributed by atoms with Gasteiger partial charge in [-0.15, -0.1) is 0 Å². The molecule has 1 aliphatic carbocycles. The van der Waals surface area contributed by atoms with Gasteiger partial charge < -0.3 is 19.5 Å². The molecule has 2 aromatic carbocycles. The number of ether oxygens (including phenoxy) is 2. The highest BCUT2D eigenvalue weighted by Crippen LogP contribution is 2.48. The number of nitrogens with zero attached hydrogens (tertiary/aromatic N) is 1. The number of alkyl halides is 6. The highest BCUT2D eigenvalue weighted by molar-refractivity contribution is 7.99. The van der Waals surface area contributed by atoms with Gasteiger partial charge in [-0.2, -0.15) is 26.3 Å². The van der Waals surface area contributed by atoms with Crippen molar-refractivity contribution in [2.75, 3.05) is 26.3 Å². The Morgan fingerprint density at radius 3 is 2.22 bits per heavy atom. The molecule has 0 aromatic heterocycles. The molecule has 2 fully saturated rings. The summed E-state index contributed by atoms with van der Waals surface area (Å²) in [7, 11) is 0. The van der Waals surface area contributed by atoms with Crippen LogP contribution in [0.3, 0.4) is 0 Å². The van der Waals surface area contributed by atoms with Crippen LogP contribution in [0.2, 0.25) is 0 Å². The van der Waals surface area contributed by atoms with Crippen molar-refractivity contribution in [1.82, 2.24) is 4.90 Å². The Morgan fingerprint density at radius 1 is 0.951 bits per heavy atom. The van der Waals surface area contributed by atoms with E-state index < -0.39 is 51.7 Å². The van der Waals surface area contributed by atoms with E-state index >= 15 is 0 Å². The van der Waals surface area contributed by atoms with Crippen molar-refractivity contribution in [2.24, 2.45) is 5.92 Å². The number of carbonyl (C=O) groups excluding carboxylic acids is 1. The fourth-order valence-electron chi connectivity index (χ4n) is 4.82. The molecule has 1 heterocycles. The molecule has 0 spiro atoms. The Kier molecular flexibility index (Phi) is 9.58. The predicted octanol–water partition coefficient (Wildman–Crippen LogP) is 6.77. The van der Waals surface area contributed by atoms with E-state index in [0.717, 1.165) is 24.3 Å². The Balaban J connectivity index is 1.60. The highest BCUT2D eigenvalue weighted by Gasteiger charge is 2.46. The fraction of sp³-hybridized carbons (Fsp3) is 0.429. The van der Waals surface area contributed by atoms with Crippen molar-refractivity contribution in [2.45, 2.75) is 53.9 Å². The van der Waals surface area contributed by atoms with Gasteiger partial charge in [0.1, 0.15) is 5.75 Å². The summed E-state index contributed by atoms with van der Waals surface area (Å²) in [6, 6.07) is 7.88. The number of halogens is 6.